The van der Waals surface area contributed by atoms with E-state index in [1.54, 1.807) is 13.8 Å². The molecule has 1 aromatic rings. The van der Waals surface area contributed by atoms with Crippen LogP contribution >= 0.6 is 0 Å². The molecule has 0 aliphatic rings. The van der Waals surface area contributed by atoms with Crippen LogP contribution in [0.2, 0.25) is 0 Å². The molecule has 17 heavy (non-hydrogen) atoms. The van der Waals surface area contributed by atoms with Crippen molar-refractivity contribution in [2.75, 3.05) is 0 Å². The lowest BCUT2D eigenvalue weighted by molar-refractivity contribution is -0.386. The second kappa shape index (κ2) is 5.24. The van der Waals surface area contributed by atoms with Crippen molar-refractivity contribution in [1.82, 2.24) is 4.57 Å². The number of hydrogen-bond donors (Lipinski definition) is 0. The molecule has 1 heterocycles. The number of aromatic nitrogens is 1. The standard InChI is InChI=1S/C10H12N2O5/c1-7(2)17-9(13)6-11-5-3-4-8(10(11)14)12(15)16/h3-5,7H,6H2,1-2H3. The Morgan fingerprint density at radius 3 is 2.76 bits per heavy atom. The van der Waals surface area contributed by atoms with Gasteiger partial charge in [0, 0.05) is 12.3 Å². The quantitative estimate of drug-likeness (QED) is 0.439. The van der Waals surface area contributed by atoms with E-state index in [4.69, 9.17) is 4.74 Å². The van der Waals surface area contributed by atoms with Gasteiger partial charge in [-0.05, 0) is 19.9 Å². The van der Waals surface area contributed by atoms with E-state index in [1.807, 2.05) is 0 Å². The largest absolute Gasteiger partial charge is 0.462 e. The number of nitro groups is 1. The van der Waals surface area contributed by atoms with Gasteiger partial charge in [-0.15, -0.1) is 0 Å². The van der Waals surface area contributed by atoms with Gasteiger partial charge in [-0.1, -0.05) is 0 Å². The minimum absolute atomic E-state index is 0.295. The number of carbonyl (C=O) groups is 1. The van der Waals surface area contributed by atoms with Gasteiger partial charge in [-0.2, -0.15) is 0 Å². The zero-order chi connectivity index (χ0) is 13.0. The van der Waals surface area contributed by atoms with Gasteiger partial charge in [-0.3, -0.25) is 24.3 Å². The lowest BCUT2D eigenvalue weighted by atomic mass is 10.4. The third-order valence-electron chi connectivity index (χ3n) is 1.86. The van der Waals surface area contributed by atoms with Gasteiger partial charge in [0.1, 0.15) is 6.54 Å². The van der Waals surface area contributed by atoms with E-state index in [9.17, 15) is 19.7 Å². The van der Waals surface area contributed by atoms with Gasteiger partial charge in [0.2, 0.25) is 0 Å². The fourth-order valence-corrected chi connectivity index (χ4v) is 1.23. The summed E-state index contributed by atoms with van der Waals surface area (Å²) in [6.45, 7) is 3.01. The molecule has 0 aliphatic carbocycles. The molecule has 1 rings (SSSR count). The maximum atomic E-state index is 11.5. The van der Waals surface area contributed by atoms with Crippen molar-refractivity contribution in [2.24, 2.45) is 0 Å². The topological polar surface area (TPSA) is 91.4 Å². The summed E-state index contributed by atoms with van der Waals surface area (Å²) in [5.74, 6) is -0.609. The van der Waals surface area contributed by atoms with Gasteiger partial charge < -0.3 is 4.74 Å². The normalized spacial score (nSPS) is 10.3. The molecule has 0 spiro atoms. The molecule has 0 aliphatic heterocycles. The average Bonchev–Trinajstić information content (AvgIpc) is 2.19. The predicted molar refractivity (Wildman–Crippen MR) is 58.6 cm³/mol. The van der Waals surface area contributed by atoms with E-state index in [0.29, 0.717) is 0 Å². The highest BCUT2D eigenvalue weighted by atomic mass is 16.6. The summed E-state index contributed by atoms with van der Waals surface area (Å²) < 4.78 is 5.79. The van der Waals surface area contributed by atoms with Crippen LogP contribution in [0.4, 0.5) is 5.69 Å². The molecule has 0 amide bonds. The van der Waals surface area contributed by atoms with Crippen LogP contribution in [-0.4, -0.2) is 21.6 Å². The molecule has 0 fully saturated rings. The number of hydrogen-bond acceptors (Lipinski definition) is 5. The molecule has 0 bridgehead atoms. The number of ether oxygens (including phenoxy) is 1. The minimum atomic E-state index is -0.821. The first kappa shape index (κ1) is 12.9. The third-order valence-corrected chi connectivity index (χ3v) is 1.86. The van der Waals surface area contributed by atoms with Gasteiger partial charge in [0.05, 0.1) is 11.0 Å². The van der Waals surface area contributed by atoms with E-state index in [0.717, 1.165) is 10.6 Å². The number of rotatable bonds is 4. The SMILES string of the molecule is CC(C)OC(=O)Cn1cccc([N+](=O)[O-])c1=O. The summed E-state index contributed by atoms with van der Waals surface area (Å²) in [6, 6.07) is 2.43. The minimum Gasteiger partial charge on any atom is -0.462 e. The van der Waals surface area contributed by atoms with Crippen molar-refractivity contribution in [1.29, 1.82) is 0 Å². The highest BCUT2D eigenvalue weighted by Gasteiger charge is 2.15. The van der Waals surface area contributed by atoms with Crippen LogP contribution in [0.25, 0.3) is 0 Å². The van der Waals surface area contributed by atoms with E-state index in [-0.39, 0.29) is 12.6 Å². The van der Waals surface area contributed by atoms with Crippen molar-refractivity contribution in [3.05, 3.63) is 38.8 Å². The molecule has 0 saturated carbocycles. The molecule has 0 N–H and O–H groups in total. The van der Waals surface area contributed by atoms with Crippen LogP contribution in [0.15, 0.2) is 23.1 Å². The van der Waals surface area contributed by atoms with Crippen LogP contribution in [-0.2, 0) is 16.1 Å². The highest BCUT2D eigenvalue weighted by molar-refractivity contribution is 5.69. The molecule has 0 atom stereocenters. The molecule has 7 heteroatoms. The second-order valence-electron chi connectivity index (χ2n) is 3.62. The van der Waals surface area contributed by atoms with E-state index in [1.165, 1.54) is 12.3 Å². The monoisotopic (exact) mass is 240 g/mol. The van der Waals surface area contributed by atoms with Crippen molar-refractivity contribution in [3.8, 4) is 0 Å². The zero-order valence-electron chi connectivity index (χ0n) is 9.45. The smallest absolute Gasteiger partial charge is 0.334 e. The molecule has 0 radical (unpaired) electrons. The Morgan fingerprint density at radius 1 is 1.59 bits per heavy atom. The Kier molecular flexibility index (Phi) is 3.97. The Balaban J connectivity index is 2.93. The van der Waals surface area contributed by atoms with Crippen molar-refractivity contribution in [2.45, 2.75) is 26.5 Å². The highest BCUT2D eigenvalue weighted by Crippen LogP contribution is 2.02. The van der Waals surface area contributed by atoms with Crippen LogP contribution < -0.4 is 5.56 Å². The second-order valence-corrected chi connectivity index (χ2v) is 3.62. The summed E-state index contributed by atoms with van der Waals surface area (Å²) in [4.78, 5) is 32.6. The van der Waals surface area contributed by atoms with Gasteiger partial charge >= 0.3 is 17.2 Å². The molecule has 1 aromatic heterocycles. The summed E-state index contributed by atoms with van der Waals surface area (Å²) in [6.07, 6.45) is 1.01. The summed E-state index contributed by atoms with van der Waals surface area (Å²) in [7, 11) is 0. The Labute approximate surface area is 96.8 Å². The van der Waals surface area contributed by atoms with Crippen LogP contribution in [0.3, 0.4) is 0 Å². The maximum absolute atomic E-state index is 11.5. The first-order valence-electron chi connectivity index (χ1n) is 4.95. The van der Waals surface area contributed by atoms with Gasteiger partial charge in [0.15, 0.2) is 0 Å². The predicted octanol–water partition coefficient (Wildman–Crippen LogP) is 0.708. The Morgan fingerprint density at radius 2 is 2.24 bits per heavy atom. The lowest BCUT2D eigenvalue weighted by Gasteiger charge is -2.08. The number of pyridine rings is 1. The maximum Gasteiger partial charge on any atom is 0.334 e. The van der Waals surface area contributed by atoms with Crippen LogP contribution in [0.5, 0.6) is 0 Å². The van der Waals surface area contributed by atoms with E-state index >= 15 is 0 Å². The first-order valence-corrected chi connectivity index (χ1v) is 4.95. The Hall–Kier alpha value is -2.18. The number of nitrogens with zero attached hydrogens (tertiary/aromatic N) is 2. The van der Waals surface area contributed by atoms with Crippen molar-refractivity contribution >= 4 is 11.7 Å². The Bertz CT molecular complexity index is 492. The van der Waals surface area contributed by atoms with Crippen molar-refractivity contribution < 1.29 is 14.5 Å². The third kappa shape index (κ3) is 3.40. The van der Waals surface area contributed by atoms with Gasteiger partial charge in [0.25, 0.3) is 0 Å². The van der Waals surface area contributed by atoms with Crippen molar-refractivity contribution in [3.63, 3.8) is 0 Å². The fourth-order valence-electron chi connectivity index (χ4n) is 1.23. The molecular formula is C10H12N2O5. The number of carbonyl (C=O) groups excluding carboxylic acids is 1. The molecular weight excluding hydrogens is 228 g/mol. The molecule has 0 aromatic carbocycles. The first-order chi connectivity index (χ1) is 7.91. The molecule has 92 valence electrons. The summed E-state index contributed by atoms with van der Waals surface area (Å²) in [5.41, 5.74) is -1.39. The van der Waals surface area contributed by atoms with Crippen LogP contribution in [0, 0.1) is 10.1 Å². The molecule has 7 nitrogen and oxygen atoms in total. The van der Waals surface area contributed by atoms with E-state index < -0.39 is 22.1 Å². The van der Waals surface area contributed by atoms with Crippen LogP contribution in [0.1, 0.15) is 13.8 Å². The average molecular weight is 240 g/mol. The molecule has 0 saturated heterocycles. The zero-order valence-corrected chi connectivity index (χ0v) is 9.45. The number of esters is 1. The summed E-state index contributed by atoms with van der Waals surface area (Å²) in [5, 5.41) is 10.5. The van der Waals surface area contributed by atoms with Gasteiger partial charge in [-0.25, -0.2) is 0 Å². The summed E-state index contributed by atoms with van der Waals surface area (Å²) >= 11 is 0. The lowest BCUT2D eigenvalue weighted by Crippen LogP contribution is -2.27. The molecule has 0 unspecified atom stereocenters. The van der Waals surface area contributed by atoms with E-state index in [2.05, 4.69) is 0 Å². The fraction of sp³-hybridized carbons (Fsp3) is 0.400.